The zero-order valence-electron chi connectivity index (χ0n) is 6.82. The lowest BCUT2D eigenvalue weighted by molar-refractivity contribution is 0.157. The number of ether oxygens (including phenoxy) is 1. The molecule has 0 aliphatic rings. The van der Waals surface area contributed by atoms with Gasteiger partial charge in [0.1, 0.15) is 5.82 Å². The van der Waals surface area contributed by atoms with Gasteiger partial charge in [-0.15, -0.1) is 0 Å². The van der Waals surface area contributed by atoms with E-state index in [-0.39, 0.29) is 6.04 Å². The lowest BCUT2D eigenvalue weighted by Crippen LogP contribution is -2.11. The summed E-state index contributed by atoms with van der Waals surface area (Å²) in [7, 11) is 1.67. The Balaban J connectivity index is 2.60. The van der Waals surface area contributed by atoms with Crippen LogP contribution in [0.25, 0.3) is 0 Å². The van der Waals surface area contributed by atoms with Gasteiger partial charge in [0, 0.05) is 13.3 Å². The quantitative estimate of drug-likeness (QED) is 0.698. The van der Waals surface area contributed by atoms with E-state index in [9.17, 15) is 0 Å². The molecule has 0 spiro atoms. The first-order valence-electron chi connectivity index (χ1n) is 3.53. The highest BCUT2D eigenvalue weighted by Crippen LogP contribution is 2.05. The molecule has 1 aromatic heterocycles. The summed E-state index contributed by atoms with van der Waals surface area (Å²) in [4.78, 5) is 0. The minimum absolute atomic E-state index is 0.247. The Labute approximate surface area is 66.0 Å². The number of rotatable bonds is 3. The minimum Gasteiger partial charge on any atom is -0.382 e. The van der Waals surface area contributed by atoms with E-state index in [1.165, 1.54) is 0 Å². The fourth-order valence-electron chi connectivity index (χ4n) is 0.916. The Bertz CT molecular complexity index is 221. The zero-order valence-corrected chi connectivity index (χ0v) is 6.82. The van der Waals surface area contributed by atoms with E-state index in [2.05, 4.69) is 5.10 Å². The van der Waals surface area contributed by atoms with Gasteiger partial charge in [-0.1, -0.05) is 0 Å². The molecule has 1 heterocycles. The summed E-state index contributed by atoms with van der Waals surface area (Å²) in [5.41, 5.74) is 5.44. The summed E-state index contributed by atoms with van der Waals surface area (Å²) >= 11 is 0. The number of aromatic nitrogens is 2. The summed E-state index contributed by atoms with van der Waals surface area (Å²) in [5.74, 6) is 0.549. The first-order valence-corrected chi connectivity index (χ1v) is 3.53. The average molecular weight is 155 g/mol. The minimum atomic E-state index is 0.247. The van der Waals surface area contributed by atoms with E-state index in [4.69, 9.17) is 10.5 Å². The normalized spacial score (nSPS) is 13.3. The fraction of sp³-hybridized carbons (Fsp3) is 0.571. The highest BCUT2D eigenvalue weighted by atomic mass is 16.5. The second-order valence-corrected chi connectivity index (χ2v) is 2.52. The van der Waals surface area contributed by atoms with Gasteiger partial charge in [0.15, 0.2) is 0 Å². The van der Waals surface area contributed by atoms with E-state index in [0.717, 1.165) is 0 Å². The molecule has 0 unspecified atom stereocenters. The number of nitrogens with two attached hydrogens (primary N) is 1. The van der Waals surface area contributed by atoms with Crippen molar-refractivity contribution >= 4 is 5.82 Å². The number of nitrogen functional groups attached to an aromatic ring is 1. The van der Waals surface area contributed by atoms with Gasteiger partial charge in [0.05, 0.1) is 12.6 Å². The number of nitrogens with zero attached hydrogens (tertiary/aromatic N) is 2. The maximum Gasteiger partial charge on any atom is 0.145 e. The van der Waals surface area contributed by atoms with Gasteiger partial charge in [-0.3, -0.25) is 4.68 Å². The fourth-order valence-corrected chi connectivity index (χ4v) is 0.916. The molecule has 0 saturated heterocycles. The predicted octanol–water partition coefficient (Wildman–Crippen LogP) is 0.673. The van der Waals surface area contributed by atoms with Crippen LogP contribution in [-0.2, 0) is 4.74 Å². The smallest absolute Gasteiger partial charge is 0.145 e. The van der Waals surface area contributed by atoms with Crippen LogP contribution in [0.3, 0.4) is 0 Å². The van der Waals surface area contributed by atoms with Gasteiger partial charge in [0.25, 0.3) is 0 Å². The monoisotopic (exact) mass is 155 g/mol. The largest absolute Gasteiger partial charge is 0.382 e. The standard InChI is InChI=1S/C7H13N3O/c1-6(5-11-2)10-4-3-7(8)9-10/h3-4,6H,5H2,1-2H3,(H2,8,9)/t6-/m1/s1. The SMILES string of the molecule is COC[C@@H](C)n1ccc(N)n1. The van der Waals surface area contributed by atoms with Crippen LogP contribution in [0.2, 0.25) is 0 Å². The van der Waals surface area contributed by atoms with E-state index >= 15 is 0 Å². The van der Waals surface area contributed by atoms with Crippen molar-refractivity contribution < 1.29 is 4.74 Å². The van der Waals surface area contributed by atoms with Crippen molar-refractivity contribution in [2.45, 2.75) is 13.0 Å². The van der Waals surface area contributed by atoms with Crippen LogP contribution in [0.15, 0.2) is 12.3 Å². The van der Waals surface area contributed by atoms with Gasteiger partial charge in [-0.25, -0.2) is 0 Å². The molecule has 0 amide bonds. The average Bonchev–Trinajstić information content (AvgIpc) is 2.36. The first-order chi connectivity index (χ1) is 5.24. The van der Waals surface area contributed by atoms with Crippen molar-refractivity contribution in [3.8, 4) is 0 Å². The van der Waals surface area contributed by atoms with Crippen molar-refractivity contribution in [2.24, 2.45) is 0 Å². The first kappa shape index (κ1) is 8.07. The topological polar surface area (TPSA) is 53.1 Å². The Morgan fingerprint density at radius 2 is 2.55 bits per heavy atom. The molecule has 62 valence electrons. The molecule has 2 N–H and O–H groups in total. The van der Waals surface area contributed by atoms with Crippen molar-refractivity contribution in [3.63, 3.8) is 0 Å². The second-order valence-electron chi connectivity index (χ2n) is 2.52. The summed E-state index contributed by atoms with van der Waals surface area (Å²) in [6, 6.07) is 2.02. The summed E-state index contributed by atoms with van der Waals surface area (Å²) in [6.07, 6.45) is 1.85. The molecule has 0 fully saturated rings. The van der Waals surface area contributed by atoms with Crippen molar-refractivity contribution in [1.82, 2.24) is 9.78 Å². The third-order valence-corrected chi connectivity index (χ3v) is 1.49. The van der Waals surface area contributed by atoms with Crippen LogP contribution < -0.4 is 5.73 Å². The van der Waals surface area contributed by atoms with Crippen molar-refractivity contribution in [3.05, 3.63) is 12.3 Å². The molecule has 0 aromatic carbocycles. The molecule has 11 heavy (non-hydrogen) atoms. The van der Waals surface area contributed by atoms with Gasteiger partial charge < -0.3 is 10.5 Å². The van der Waals surface area contributed by atoms with E-state index in [1.54, 1.807) is 17.9 Å². The number of hydrogen-bond acceptors (Lipinski definition) is 3. The van der Waals surface area contributed by atoms with Crippen molar-refractivity contribution in [2.75, 3.05) is 19.5 Å². The van der Waals surface area contributed by atoms with Gasteiger partial charge in [-0.2, -0.15) is 5.10 Å². The van der Waals surface area contributed by atoms with Crippen LogP contribution in [0, 0.1) is 0 Å². The Morgan fingerprint density at radius 1 is 1.82 bits per heavy atom. The molecule has 0 saturated carbocycles. The third kappa shape index (κ3) is 1.94. The highest BCUT2D eigenvalue weighted by Gasteiger charge is 2.03. The van der Waals surface area contributed by atoms with E-state index < -0.39 is 0 Å². The molecule has 4 nitrogen and oxygen atoms in total. The van der Waals surface area contributed by atoms with Gasteiger partial charge in [-0.05, 0) is 13.0 Å². The summed E-state index contributed by atoms with van der Waals surface area (Å²) < 4.78 is 6.76. The molecule has 0 radical (unpaired) electrons. The molecular weight excluding hydrogens is 142 g/mol. The Hall–Kier alpha value is -1.03. The van der Waals surface area contributed by atoms with E-state index in [0.29, 0.717) is 12.4 Å². The Kier molecular flexibility index (Phi) is 2.48. The summed E-state index contributed by atoms with van der Waals surface area (Å²) in [5, 5.41) is 4.04. The maximum absolute atomic E-state index is 5.44. The predicted molar refractivity (Wildman–Crippen MR) is 43.2 cm³/mol. The van der Waals surface area contributed by atoms with Crippen LogP contribution in [0.1, 0.15) is 13.0 Å². The third-order valence-electron chi connectivity index (χ3n) is 1.49. The second kappa shape index (κ2) is 3.39. The lowest BCUT2D eigenvalue weighted by atomic mass is 10.4. The van der Waals surface area contributed by atoms with Crippen LogP contribution in [0.5, 0.6) is 0 Å². The van der Waals surface area contributed by atoms with Crippen LogP contribution in [-0.4, -0.2) is 23.5 Å². The summed E-state index contributed by atoms with van der Waals surface area (Å²) in [6.45, 7) is 2.68. The van der Waals surface area contributed by atoms with Crippen LogP contribution in [0.4, 0.5) is 5.82 Å². The lowest BCUT2D eigenvalue weighted by Gasteiger charge is -2.09. The van der Waals surface area contributed by atoms with Crippen LogP contribution >= 0.6 is 0 Å². The molecule has 1 atom stereocenters. The molecule has 1 aromatic rings. The Morgan fingerprint density at radius 3 is 3.00 bits per heavy atom. The highest BCUT2D eigenvalue weighted by molar-refractivity contribution is 5.23. The molecule has 1 rings (SSSR count). The van der Waals surface area contributed by atoms with Gasteiger partial charge in [0.2, 0.25) is 0 Å². The number of methoxy groups -OCH3 is 1. The number of hydrogen-bond donors (Lipinski definition) is 1. The number of anilines is 1. The zero-order chi connectivity index (χ0) is 8.27. The molecular formula is C7H13N3O. The molecule has 0 aliphatic heterocycles. The molecule has 0 bridgehead atoms. The molecule has 4 heteroatoms. The molecule has 0 aliphatic carbocycles. The van der Waals surface area contributed by atoms with Crippen molar-refractivity contribution in [1.29, 1.82) is 0 Å². The maximum atomic E-state index is 5.44. The van der Waals surface area contributed by atoms with Gasteiger partial charge >= 0.3 is 0 Å². The van der Waals surface area contributed by atoms with E-state index in [1.807, 2.05) is 13.1 Å².